The molecule has 0 spiro atoms. The molecule has 1 aliphatic rings. The van der Waals surface area contributed by atoms with Crippen molar-refractivity contribution in [3.8, 4) is 0 Å². The predicted octanol–water partition coefficient (Wildman–Crippen LogP) is 4.41. The average molecular weight is 460 g/mol. The van der Waals surface area contributed by atoms with Crippen LogP contribution >= 0.6 is 0 Å². The van der Waals surface area contributed by atoms with Gasteiger partial charge in [-0.1, -0.05) is 13.0 Å². The van der Waals surface area contributed by atoms with Crippen molar-refractivity contribution in [1.29, 1.82) is 0 Å². The van der Waals surface area contributed by atoms with Crippen LogP contribution in [0.5, 0.6) is 0 Å². The summed E-state index contributed by atoms with van der Waals surface area (Å²) in [4.78, 5) is 43.8. The summed E-state index contributed by atoms with van der Waals surface area (Å²) in [5.74, 6) is -3.19. The van der Waals surface area contributed by atoms with Crippen molar-refractivity contribution in [1.82, 2.24) is 4.98 Å². The Labute approximate surface area is 195 Å². The van der Waals surface area contributed by atoms with Crippen LogP contribution in [0.1, 0.15) is 41.0 Å². The first-order chi connectivity index (χ1) is 16.4. The van der Waals surface area contributed by atoms with E-state index in [2.05, 4.69) is 4.98 Å². The van der Waals surface area contributed by atoms with Crippen molar-refractivity contribution >= 4 is 29.1 Å². The van der Waals surface area contributed by atoms with Gasteiger partial charge in [0.1, 0.15) is 17.6 Å². The molecule has 4 rings (SSSR count). The summed E-state index contributed by atoms with van der Waals surface area (Å²) in [6.07, 6.45) is 2.20. The summed E-state index contributed by atoms with van der Waals surface area (Å²) >= 11 is 0. The van der Waals surface area contributed by atoms with E-state index in [4.69, 9.17) is 4.74 Å². The fraction of sp³-hybridized carbons (Fsp3) is 0.154. The zero-order valence-electron chi connectivity index (χ0n) is 18.3. The number of hydrogen-bond donors (Lipinski definition) is 1. The highest BCUT2D eigenvalue weighted by Gasteiger charge is 2.47. The first kappa shape index (κ1) is 22.8. The molecule has 1 fully saturated rings. The Balaban J connectivity index is 1.80. The van der Waals surface area contributed by atoms with E-state index in [1.54, 1.807) is 18.2 Å². The second-order valence-electron chi connectivity index (χ2n) is 7.61. The summed E-state index contributed by atoms with van der Waals surface area (Å²) in [6.45, 7) is 2.18. The molecule has 1 atom stereocenters. The molecule has 34 heavy (non-hydrogen) atoms. The molecule has 1 N–H and O–H groups in total. The van der Waals surface area contributed by atoms with Crippen molar-refractivity contribution in [3.05, 3.63) is 101 Å². The number of ketones is 1. The van der Waals surface area contributed by atoms with E-state index in [0.717, 1.165) is 12.1 Å². The lowest BCUT2D eigenvalue weighted by Gasteiger charge is -2.24. The molecule has 7 nitrogen and oxygen atoms in total. The van der Waals surface area contributed by atoms with Crippen molar-refractivity contribution < 1.29 is 28.6 Å². The first-order valence-corrected chi connectivity index (χ1v) is 10.7. The van der Waals surface area contributed by atoms with Crippen LogP contribution in [0.2, 0.25) is 0 Å². The van der Waals surface area contributed by atoms with E-state index >= 15 is 0 Å². The summed E-state index contributed by atoms with van der Waals surface area (Å²) in [6, 6.07) is 15.0. The van der Waals surface area contributed by atoms with E-state index in [1.165, 1.54) is 47.5 Å². The second kappa shape index (κ2) is 9.66. The number of nitrogens with zero attached hydrogens (tertiary/aromatic N) is 2. The van der Waals surface area contributed by atoms with Gasteiger partial charge in [-0.3, -0.25) is 19.5 Å². The van der Waals surface area contributed by atoms with Crippen LogP contribution in [-0.4, -0.2) is 34.4 Å². The molecule has 1 aromatic heterocycles. The maximum atomic E-state index is 13.4. The van der Waals surface area contributed by atoms with Crippen molar-refractivity contribution in [2.75, 3.05) is 11.5 Å². The Morgan fingerprint density at radius 1 is 1.03 bits per heavy atom. The van der Waals surface area contributed by atoms with Crippen molar-refractivity contribution in [2.24, 2.45) is 0 Å². The monoisotopic (exact) mass is 460 g/mol. The second-order valence-corrected chi connectivity index (χ2v) is 7.61. The molecule has 1 amide bonds. The molecule has 0 radical (unpaired) electrons. The minimum atomic E-state index is -1.02. The summed E-state index contributed by atoms with van der Waals surface area (Å²) < 4.78 is 18.5. The van der Waals surface area contributed by atoms with E-state index in [1.807, 2.05) is 6.92 Å². The van der Waals surface area contributed by atoms with Gasteiger partial charge in [-0.05, 0) is 67.1 Å². The molecule has 1 unspecified atom stereocenters. The van der Waals surface area contributed by atoms with Crippen LogP contribution in [0.25, 0.3) is 5.76 Å². The van der Waals surface area contributed by atoms with Gasteiger partial charge in [0.2, 0.25) is 0 Å². The highest BCUT2D eigenvalue weighted by molar-refractivity contribution is 6.51. The van der Waals surface area contributed by atoms with E-state index < -0.39 is 35.3 Å². The Bertz CT molecular complexity index is 1250. The highest BCUT2D eigenvalue weighted by Crippen LogP contribution is 2.41. The molecule has 8 heteroatoms. The number of Topliss-reactive ketones (excluding diaryl/α,β-unsaturated/α-hetero) is 1. The number of halogens is 1. The SMILES string of the molecule is CCCOC(=O)c1ccc(N2C(=O)C(=O)/C(=C(/O)c3ccc(F)cc3)C2c2ccccn2)cc1. The number of benzene rings is 2. The van der Waals surface area contributed by atoms with Crippen LogP contribution in [-0.2, 0) is 14.3 Å². The van der Waals surface area contributed by atoms with E-state index in [9.17, 15) is 23.9 Å². The highest BCUT2D eigenvalue weighted by atomic mass is 19.1. The van der Waals surface area contributed by atoms with E-state index in [-0.39, 0.29) is 17.7 Å². The molecular weight excluding hydrogens is 439 g/mol. The van der Waals surface area contributed by atoms with Gasteiger partial charge in [0.15, 0.2) is 0 Å². The summed E-state index contributed by atoms with van der Waals surface area (Å²) in [7, 11) is 0. The number of aromatic nitrogens is 1. The molecule has 1 aliphatic heterocycles. The number of aliphatic hydroxyl groups is 1. The minimum Gasteiger partial charge on any atom is -0.507 e. The van der Waals surface area contributed by atoms with E-state index in [0.29, 0.717) is 23.4 Å². The van der Waals surface area contributed by atoms with Crippen LogP contribution in [0.3, 0.4) is 0 Å². The maximum Gasteiger partial charge on any atom is 0.338 e. The lowest BCUT2D eigenvalue weighted by molar-refractivity contribution is -0.132. The van der Waals surface area contributed by atoms with Crippen molar-refractivity contribution in [2.45, 2.75) is 19.4 Å². The Hall–Kier alpha value is -4.33. The average Bonchev–Trinajstić information content (AvgIpc) is 3.13. The number of hydrogen-bond acceptors (Lipinski definition) is 6. The Kier molecular flexibility index (Phi) is 6.49. The molecule has 3 aromatic rings. The number of carbonyl (C=O) groups is 3. The van der Waals surface area contributed by atoms with Gasteiger partial charge in [-0.15, -0.1) is 0 Å². The smallest absolute Gasteiger partial charge is 0.338 e. The number of esters is 1. The number of carbonyl (C=O) groups excluding carboxylic acids is 3. The third-order valence-electron chi connectivity index (χ3n) is 5.35. The summed E-state index contributed by atoms with van der Waals surface area (Å²) in [5, 5.41) is 11.0. The van der Waals surface area contributed by atoms with Crippen LogP contribution in [0, 0.1) is 5.82 Å². The maximum absolute atomic E-state index is 13.4. The predicted molar refractivity (Wildman–Crippen MR) is 122 cm³/mol. The molecule has 0 aliphatic carbocycles. The first-order valence-electron chi connectivity index (χ1n) is 10.7. The Morgan fingerprint density at radius 2 is 1.71 bits per heavy atom. The molecule has 2 heterocycles. The van der Waals surface area contributed by atoms with Gasteiger partial charge >= 0.3 is 5.97 Å². The number of pyridine rings is 1. The number of ether oxygens (including phenoxy) is 1. The normalized spacial score (nSPS) is 17.1. The molecule has 0 bridgehead atoms. The molecule has 172 valence electrons. The van der Waals surface area contributed by atoms with Gasteiger partial charge in [-0.2, -0.15) is 0 Å². The van der Waals surface area contributed by atoms with Crippen molar-refractivity contribution in [3.63, 3.8) is 0 Å². The third kappa shape index (κ3) is 4.30. The van der Waals surface area contributed by atoms with Crippen LogP contribution < -0.4 is 4.90 Å². The largest absolute Gasteiger partial charge is 0.507 e. The Morgan fingerprint density at radius 3 is 2.32 bits per heavy atom. The lowest BCUT2D eigenvalue weighted by atomic mass is 9.98. The van der Waals surface area contributed by atoms with Gasteiger partial charge in [-0.25, -0.2) is 9.18 Å². The molecular formula is C26H21FN2O5. The third-order valence-corrected chi connectivity index (χ3v) is 5.35. The van der Waals surface area contributed by atoms with Gasteiger partial charge < -0.3 is 9.84 Å². The fourth-order valence-corrected chi connectivity index (χ4v) is 3.72. The number of amides is 1. The quantitative estimate of drug-likeness (QED) is 0.253. The minimum absolute atomic E-state index is 0.165. The molecule has 1 saturated heterocycles. The molecule has 2 aromatic carbocycles. The summed E-state index contributed by atoms with van der Waals surface area (Å²) in [5.41, 5.74) is 1.02. The molecule has 0 saturated carbocycles. The number of aliphatic hydroxyl groups excluding tert-OH is 1. The van der Waals surface area contributed by atoms with Gasteiger partial charge in [0.05, 0.1) is 23.4 Å². The zero-order chi connectivity index (χ0) is 24.2. The van der Waals surface area contributed by atoms with Gasteiger partial charge in [0.25, 0.3) is 11.7 Å². The zero-order valence-corrected chi connectivity index (χ0v) is 18.3. The standard InChI is InChI=1S/C26H21FN2O5/c1-2-15-34-26(33)17-8-12-19(13-9-17)29-22(20-5-3-4-14-28-20)21(24(31)25(29)32)23(30)16-6-10-18(27)11-7-16/h3-14,22,30H,2,15H2,1H3/b23-21+. The van der Waals surface area contributed by atoms with Gasteiger partial charge in [0, 0.05) is 17.4 Å². The van der Waals surface area contributed by atoms with Crippen LogP contribution in [0.4, 0.5) is 10.1 Å². The topological polar surface area (TPSA) is 96.8 Å². The lowest BCUT2D eigenvalue weighted by Crippen LogP contribution is -2.29. The van der Waals surface area contributed by atoms with Crippen LogP contribution in [0.15, 0.2) is 78.5 Å². The number of rotatable bonds is 6. The number of anilines is 1. The fourth-order valence-electron chi connectivity index (χ4n) is 3.72.